The lowest BCUT2D eigenvalue weighted by molar-refractivity contribution is -0.142. The summed E-state index contributed by atoms with van der Waals surface area (Å²) in [6.07, 6.45) is 2.15. The van der Waals surface area contributed by atoms with Crippen molar-refractivity contribution in [3.8, 4) is 0 Å². The van der Waals surface area contributed by atoms with Crippen LogP contribution in [0.3, 0.4) is 0 Å². The number of hydrogen-bond acceptors (Lipinski definition) is 4. The molecular weight excluding hydrogens is 272 g/mol. The molecule has 2 aliphatic heterocycles. The molecular formula is C11H20N2O5S. The van der Waals surface area contributed by atoms with Crippen molar-refractivity contribution >= 4 is 16.2 Å². The van der Waals surface area contributed by atoms with E-state index in [1.807, 2.05) is 0 Å². The van der Waals surface area contributed by atoms with Gasteiger partial charge in [-0.25, -0.2) is 0 Å². The van der Waals surface area contributed by atoms with Gasteiger partial charge < -0.3 is 10.2 Å². The lowest BCUT2D eigenvalue weighted by Gasteiger charge is -2.34. The van der Waals surface area contributed by atoms with Gasteiger partial charge in [-0.1, -0.05) is 0 Å². The lowest BCUT2D eigenvalue weighted by atomic mass is 9.99. The van der Waals surface area contributed by atoms with Gasteiger partial charge in [-0.05, 0) is 25.7 Å². The lowest BCUT2D eigenvalue weighted by Crippen LogP contribution is -2.50. The van der Waals surface area contributed by atoms with Gasteiger partial charge in [0.25, 0.3) is 10.2 Å². The number of aliphatic carboxylic acids is 1. The second-order valence-electron chi connectivity index (χ2n) is 5.11. The molecule has 19 heavy (non-hydrogen) atoms. The first-order chi connectivity index (χ1) is 8.96. The van der Waals surface area contributed by atoms with Crippen LogP contribution in [0.5, 0.6) is 0 Å². The van der Waals surface area contributed by atoms with E-state index in [-0.39, 0.29) is 25.7 Å². The fourth-order valence-corrected chi connectivity index (χ4v) is 4.65. The molecule has 110 valence electrons. The van der Waals surface area contributed by atoms with Crippen LogP contribution in [0.4, 0.5) is 0 Å². The number of aliphatic hydroxyl groups is 1. The second kappa shape index (κ2) is 5.74. The largest absolute Gasteiger partial charge is 0.481 e. The van der Waals surface area contributed by atoms with Crippen LogP contribution in [0.1, 0.15) is 25.7 Å². The fourth-order valence-electron chi connectivity index (χ4n) is 2.78. The van der Waals surface area contributed by atoms with E-state index in [0.717, 1.165) is 6.42 Å². The van der Waals surface area contributed by atoms with E-state index in [2.05, 4.69) is 0 Å². The summed E-state index contributed by atoms with van der Waals surface area (Å²) in [7, 11) is -3.56. The van der Waals surface area contributed by atoms with Gasteiger partial charge in [-0.2, -0.15) is 17.0 Å². The third-order valence-electron chi connectivity index (χ3n) is 3.96. The Kier molecular flexibility index (Phi) is 4.44. The molecule has 0 saturated carbocycles. The number of carboxylic acid groups (broad SMARTS) is 1. The van der Waals surface area contributed by atoms with E-state index in [4.69, 9.17) is 5.11 Å². The minimum Gasteiger partial charge on any atom is -0.481 e. The molecule has 0 aromatic heterocycles. The van der Waals surface area contributed by atoms with E-state index >= 15 is 0 Å². The molecule has 2 heterocycles. The smallest absolute Gasteiger partial charge is 0.306 e. The van der Waals surface area contributed by atoms with Crippen molar-refractivity contribution in [1.82, 2.24) is 8.61 Å². The molecule has 0 bridgehead atoms. The zero-order valence-electron chi connectivity index (χ0n) is 10.7. The molecule has 2 N–H and O–H groups in total. The first-order valence-electron chi connectivity index (χ1n) is 6.57. The zero-order chi connectivity index (χ0) is 14.0. The van der Waals surface area contributed by atoms with E-state index in [9.17, 15) is 18.3 Å². The summed E-state index contributed by atoms with van der Waals surface area (Å²) in [6, 6.07) is -0.331. The Hall–Kier alpha value is -0.700. The van der Waals surface area contributed by atoms with Gasteiger partial charge in [-0.3, -0.25) is 4.79 Å². The Balaban J connectivity index is 2.03. The number of carboxylic acids is 1. The van der Waals surface area contributed by atoms with Crippen LogP contribution in [-0.4, -0.2) is 65.5 Å². The molecule has 0 aliphatic carbocycles. The number of aliphatic hydroxyl groups excluding tert-OH is 1. The molecule has 2 saturated heterocycles. The third-order valence-corrected chi connectivity index (χ3v) is 6.05. The first-order valence-corrected chi connectivity index (χ1v) is 7.97. The van der Waals surface area contributed by atoms with E-state index < -0.39 is 22.1 Å². The highest BCUT2D eigenvalue weighted by atomic mass is 32.2. The quantitative estimate of drug-likeness (QED) is 0.727. The summed E-state index contributed by atoms with van der Waals surface area (Å²) in [5.41, 5.74) is 0. The maximum atomic E-state index is 12.4. The Morgan fingerprint density at radius 3 is 2.32 bits per heavy atom. The predicted molar refractivity (Wildman–Crippen MR) is 67.7 cm³/mol. The maximum absolute atomic E-state index is 12.4. The normalized spacial score (nSPS) is 27.7. The minimum absolute atomic E-state index is 0.162. The fraction of sp³-hybridized carbons (Fsp3) is 0.909. The molecule has 2 rings (SSSR count). The molecule has 0 unspecified atom stereocenters. The van der Waals surface area contributed by atoms with Gasteiger partial charge >= 0.3 is 5.97 Å². The third kappa shape index (κ3) is 2.91. The number of rotatable bonds is 4. The van der Waals surface area contributed by atoms with Crippen LogP contribution in [-0.2, 0) is 15.0 Å². The number of hydrogen-bond donors (Lipinski definition) is 2. The van der Waals surface area contributed by atoms with Crippen LogP contribution in [0.2, 0.25) is 0 Å². The average Bonchev–Trinajstić information content (AvgIpc) is 2.87. The number of carbonyl (C=O) groups is 1. The van der Waals surface area contributed by atoms with Crippen LogP contribution >= 0.6 is 0 Å². The van der Waals surface area contributed by atoms with Crippen molar-refractivity contribution in [3.05, 3.63) is 0 Å². The highest BCUT2D eigenvalue weighted by Crippen LogP contribution is 2.26. The Labute approximate surface area is 113 Å². The van der Waals surface area contributed by atoms with Crippen molar-refractivity contribution in [2.45, 2.75) is 31.7 Å². The Morgan fingerprint density at radius 2 is 1.79 bits per heavy atom. The maximum Gasteiger partial charge on any atom is 0.306 e. The van der Waals surface area contributed by atoms with Gasteiger partial charge in [0.2, 0.25) is 0 Å². The monoisotopic (exact) mass is 292 g/mol. The summed E-state index contributed by atoms with van der Waals surface area (Å²) >= 11 is 0. The highest BCUT2D eigenvalue weighted by Gasteiger charge is 2.39. The number of piperidine rings is 1. The van der Waals surface area contributed by atoms with Crippen molar-refractivity contribution < 1.29 is 23.4 Å². The summed E-state index contributed by atoms with van der Waals surface area (Å²) < 4.78 is 27.6. The molecule has 8 heteroatoms. The molecule has 7 nitrogen and oxygen atoms in total. The molecule has 0 spiro atoms. The highest BCUT2D eigenvalue weighted by molar-refractivity contribution is 7.86. The van der Waals surface area contributed by atoms with Crippen LogP contribution < -0.4 is 0 Å². The Morgan fingerprint density at radius 1 is 1.16 bits per heavy atom. The summed E-state index contributed by atoms with van der Waals surface area (Å²) in [6.45, 7) is 0.763. The van der Waals surface area contributed by atoms with Crippen molar-refractivity contribution in [2.75, 3.05) is 26.2 Å². The van der Waals surface area contributed by atoms with Crippen LogP contribution in [0.15, 0.2) is 0 Å². The van der Waals surface area contributed by atoms with Crippen molar-refractivity contribution in [1.29, 1.82) is 0 Å². The van der Waals surface area contributed by atoms with Gasteiger partial charge in [0.1, 0.15) is 0 Å². The number of nitrogens with zero attached hydrogens (tertiary/aromatic N) is 2. The van der Waals surface area contributed by atoms with Gasteiger partial charge in [0.05, 0.1) is 12.5 Å². The first kappa shape index (κ1) is 14.7. The molecule has 0 aromatic rings. The predicted octanol–water partition coefficient (Wildman–Crippen LogP) is -0.515. The summed E-state index contributed by atoms with van der Waals surface area (Å²) in [5.74, 6) is -1.30. The van der Waals surface area contributed by atoms with Gasteiger partial charge in [0.15, 0.2) is 0 Å². The molecule has 0 aromatic carbocycles. The van der Waals surface area contributed by atoms with E-state index in [0.29, 0.717) is 25.8 Å². The molecule has 2 fully saturated rings. The van der Waals surface area contributed by atoms with Gasteiger partial charge in [0, 0.05) is 25.7 Å². The Bertz CT molecular complexity index is 430. The van der Waals surface area contributed by atoms with Crippen LogP contribution in [0.25, 0.3) is 0 Å². The average molecular weight is 292 g/mol. The van der Waals surface area contributed by atoms with Gasteiger partial charge in [-0.15, -0.1) is 0 Å². The molecule has 1 atom stereocenters. The zero-order valence-corrected chi connectivity index (χ0v) is 11.5. The molecule has 0 amide bonds. The minimum atomic E-state index is -3.56. The molecule has 0 radical (unpaired) electrons. The van der Waals surface area contributed by atoms with Crippen molar-refractivity contribution in [3.63, 3.8) is 0 Å². The standard InChI is InChI=1S/C11H20N2O5S/c14-8-10-2-1-5-13(10)19(17,18)12-6-3-9(4-7-12)11(15)16/h9-10,14H,1-8H2,(H,15,16)/t10-/m0/s1. The van der Waals surface area contributed by atoms with E-state index in [1.165, 1.54) is 8.61 Å². The van der Waals surface area contributed by atoms with E-state index in [1.54, 1.807) is 0 Å². The van der Waals surface area contributed by atoms with Crippen molar-refractivity contribution in [2.24, 2.45) is 5.92 Å². The SMILES string of the molecule is O=C(O)C1CCN(S(=O)(=O)N2CCC[C@H]2CO)CC1. The molecule has 2 aliphatic rings. The van der Waals surface area contributed by atoms with Crippen LogP contribution in [0, 0.1) is 5.92 Å². The summed E-state index contributed by atoms with van der Waals surface area (Å²) in [5, 5.41) is 18.1. The summed E-state index contributed by atoms with van der Waals surface area (Å²) in [4.78, 5) is 10.9. The second-order valence-corrected chi connectivity index (χ2v) is 6.99. The topological polar surface area (TPSA) is 98.2 Å².